The highest BCUT2D eigenvalue weighted by molar-refractivity contribution is 5.25. The summed E-state index contributed by atoms with van der Waals surface area (Å²) in [6.07, 6.45) is 4.33. The molecular weight excluding hydrogens is 222 g/mol. The topological polar surface area (TPSA) is 20.2 Å². The smallest absolute Gasteiger partial charge is 0.126 e. The summed E-state index contributed by atoms with van der Waals surface area (Å²) in [7, 11) is 0. The van der Waals surface area contributed by atoms with Crippen molar-refractivity contribution in [3.8, 4) is 0 Å². The second-order valence-electron chi connectivity index (χ2n) is 4.93. The highest BCUT2D eigenvalue weighted by Crippen LogP contribution is 2.43. The van der Waals surface area contributed by atoms with Gasteiger partial charge in [0.25, 0.3) is 0 Å². The van der Waals surface area contributed by atoms with Gasteiger partial charge in [0.1, 0.15) is 11.6 Å². The predicted molar refractivity (Wildman–Crippen MR) is 62.5 cm³/mol. The van der Waals surface area contributed by atoms with Crippen LogP contribution in [0.3, 0.4) is 0 Å². The first-order valence-corrected chi connectivity index (χ1v) is 6.25. The Labute approximate surface area is 100 Å². The van der Waals surface area contributed by atoms with Gasteiger partial charge in [-0.1, -0.05) is 26.2 Å². The Kier molecular flexibility index (Phi) is 3.48. The molecule has 17 heavy (non-hydrogen) atoms. The van der Waals surface area contributed by atoms with Crippen molar-refractivity contribution in [2.24, 2.45) is 5.92 Å². The van der Waals surface area contributed by atoms with Crippen LogP contribution in [0.4, 0.5) is 8.78 Å². The third-order valence-corrected chi connectivity index (χ3v) is 3.89. The maximum absolute atomic E-state index is 13.2. The molecule has 2 atom stereocenters. The average molecular weight is 240 g/mol. The van der Waals surface area contributed by atoms with Gasteiger partial charge in [-0.3, -0.25) is 0 Å². The van der Waals surface area contributed by atoms with Crippen LogP contribution in [0, 0.1) is 17.6 Å². The second kappa shape index (κ2) is 4.73. The minimum Gasteiger partial charge on any atom is -0.385 e. The lowest BCUT2D eigenvalue weighted by Crippen LogP contribution is -2.37. The molecule has 2 unspecified atom stereocenters. The minimum absolute atomic E-state index is 0.0949. The van der Waals surface area contributed by atoms with E-state index in [0.717, 1.165) is 31.7 Å². The van der Waals surface area contributed by atoms with Crippen molar-refractivity contribution < 1.29 is 13.9 Å². The van der Waals surface area contributed by atoms with E-state index in [4.69, 9.17) is 0 Å². The van der Waals surface area contributed by atoms with Crippen molar-refractivity contribution in [3.63, 3.8) is 0 Å². The number of aliphatic hydroxyl groups is 1. The molecule has 1 aromatic rings. The van der Waals surface area contributed by atoms with Crippen molar-refractivity contribution in [2.45, 2.75) is 44.6 Å². The monoisotopic (exact) mass is 240 g/mol. The number of rotatable bonds is 2. The fraction of sp³-hybridized carbons (Fsp3) is 0.571. The van der Waals surface area contributed by atoms with E-state index in [1.807, 2.05) is 6.92 Å². The molecular formula is C14H18F2O. The van der Waals surface area contributed by atoms with Gasteiger partial charge in [0.2, 0.25) is 0 Å². The predicted octanol–water partition coefficient (Wildman–Crippen LogP) is 3.75. The minimum atomic E-state index is -1.06. The maximum Gasteiger partial charge on any atom is 0.126 e. The van der Waals surface area contributed by atoms with Crippen LogP contribution < -0.4 is 0 Å². The van der Waals surface area contributed by atoms with E-state index in [1.165, 1.54) is 12.1 Å². The van der Waals surface area contributed by atoms with E-state index in [9.17, 15) is 13.9 Å². The van der Waals surface area contributed by atoms with Crippen molar-refractivity contribution in [3.05, 3.63) is 35.4 Å². The lowest BCUT2D eigenvalue weighted by atomic mass is 9.70. The van der Waals surface area contributed by atoms with E-state index in [-0.39, 0.29) is 5.92 Å². The standard InChI is InChI=1S/C14H18F2O/c1-2-10-5-3-4-6-14(10,17)11-7-12(15)9-13(16)8-11/h7-10,17H,2-6H2,1H3. The fourth-order valence-corrected chi connectivity index (χ4v) is 2.95. The van der Waals surface area contributed by atoms with Crippen LogP contribution in [0.1, 0.15) is 44.6 Å². The van der Waals surface area contributed by atoms with E-state index >= 15 is 0 Å². The van der Waals surface area contributed by atoms with Gasteiger partial charge < -0.3 is 5.11 Å². The Hall–Kier alpha value is -0.960. The first kappa shape index (κ1) is 12.5. The molecule has 2 rings (SSSR count). The van der Waals surface area contributed by atoms with Crippen LogP contribution in [0.5, 0.6) is 0 Å². The molecule has 94 valence electrons. The summed E-state index contributed by atoms with van der Waals surface area (Å²) < 4.78 is 26.5. The molecule has 1 fully saturated rings. The molecule has 0 spiro atoms. The third kappa shape index (κ3) is 2.34. The summed E-state index contributed by atoms with van der Waals surface area (Å²) in [5.41, 5.74) is -0.669. The second-order valence-corrected chi connectivity index (χ2v) is 4.93. The van der Waals surface area contributed by atoms with Crippen molar-refractivity contribution in [2.75, 3.05) is 0 Å². The zero-order valence-electron chi connectivity index (χ0n) is 10.0. The summed E-state index contributed by atoms with van der Waals surface area (Å²) in [6, 6.07) is 3.37. The zero-order chi connectivity index (χ0) is 12.5. The molecule has 1 saturated carbocycles. The van der Waals surface area contributed by atoms with E-state index in [0.29, 0.717) is 12.0 Å². The fourth-order valence-electron chi connectivity index (χ4n) is 2.95. The number of halogens is 2. The number of hydrogen-bond donors (Lipinski definition) is 1. The molecule has 1 nitrogen and oxygen atoms in total. The van der Waals surface area contributed by atoms with Crippen LogP contribution in [-0.2, 0) is 5.60 Å². The summed E-state index contributed by atoms with van der Waals surface area (Å²) in [4.78, 5) is 0. The first-order valence-electron chi connectivity index (χ1n) is 6.25. The van der Waals surface area contributed by atoms with Crippen LogP contribution in [-0.4, -0.2) is 5.11 Å². The Balaban J connectivity index is 2.40. The van der Waals surface area contributed by atoms with Gasteiger partial charge in [-0.05, 0) is 36.5 Å². The Bertz CT molecular complexity index is 385. The summed E-state index contributed by atoms with van der Waals surface area (Å²) in [5, 5.41) is 10.7. The van der Waals surface area contributed by atoms with Gasteiger partial charge in [0.15, 0.2) is 0 Å². The number of benzene rings is 1. The molecule has 0 saturated heterocycles. The molecule has 1 aromatic carbocycles. The molecule has 0 heterocycles. The Morgan fingerprint density at radius 1 is 1.24 bits per heavy atom. The van der Waals surface area contributed by atoms with Crippen LogP contribution in [0.15, 0.2) is 18.2 Å². The van der Waals surface area contributed by atoms with Gasteiger partial charge in [0.05, 0.1) is 5.60 Å². The first-order chi connectivity index (χ1) is 8.06. The molecule has 0 radical (unpaired) electrons. The van der Waals surface area contributed by atoms with Gasteiger partial charge in [-0.2, -0.15) is 0 Å². The largest absolute Gasteiger partial charge is 0.385 e. The highest BCUT2D eigenvalue weighted by Gasteiger charge is 2.39. The van der Waals surface area contributed by atoms with Crippen LogP contribution in [0.25, 0.3) is 0 Å². The van der Waals surface area contributed by atoms with Crippen LogP contribution >= 0.6 is 0 Å². The van der Waals surface area contributed by atoms with Crippen molar-refractivity contribution in [1.29, 1.82) is 0 Å². The van der Waals surface area contributed by atoms with Crippen LogP contribution in [0.2, 0.25) is 0 Å². The van der Waals surface area contributed by atoms with E-state index in [2.05, 4.69) is 0 Å². The molecule has 1 aliphatic rings. The third-order valence-electron chi connectivity index (χ3n) is 3.89. The molecule has 0 bridgehead atoms. The highest BCUT2D eigenvalue weighted by atomic mass is 19.1. The summed E-state index contributed by atoms with van der Waals surface area (Å²) in [5.74, 6) is -1.14. The van der Waals surface area contributed by atoms with Gasteiger partial charge in [-0.25, -0.2) is 8.78 Å². The Morgan fingerprint density at radius 2 is 1.88 bits per heavy atom. The zero-order valence-corrected chi connectivity index (χ0v) is 10.0. The molecule has 1 N–H and O–H groups in total. The molecule has 0 amide bonds. The molecule has 0 aromatic heterocycles. The normalized spacial score (nSPS) is 29.3. The van der Waals surface area contributed by atoms with Gasteiger partial charge in [0, 0.05) is 6.07 Å². The molecule has 0 aliphatic heterocycles. The summed E-state index contributed by atoms with van der Waals surface area (Å²) >= 11 is 0. The van der Waals surface area contributed by atoms with E-state index < -0.39 is 17.2 Å². The molecule has 1 aliphatic carbocycles. The quantitative estimate of drug-likeness (QED) is 0.834. The van der Waals surface area contributed by atoms with Gasteiger partial charge >= 0.3 is 0 Å². The number of hydrogen-bond acceptors (Lipinski definition) is 1. The van der Waals surface area contributed by atoms with E-state index in [1.54, 1.807) is 0 Å². The molecule has 3 heteroatoms. The summed E-state index contributed by atoms with van der Waals surface area (Å²) in [6.45, 7) is 2.01. The average Bonchev–Trinajstić information content (AvgIpc) is 2.28. The maximum atomic E-state index is 13.2. The lowest BCUT2D eigenvalue weighted by Gasteiger charge is -2.40. The van der Waals surface area contributed by atoms with Crippen molar-refractivity contribution >= 4 is 0 Å². The van der Waals surface area contributed by atoms with Crippen molar-refractivity contribution in [1.82, 2.24) is 0 Å². The Morgan fingerprint density at radius 3 is 2.47 bits per heavy atom. The lowest BCUT2D eigenvalue weighted by molar-refractivity contribution is -0.0561. The van der Waals surface area contributed by atoms with Gasteiger partial charge in [-0.15, -0.1) is 0 Å². The SMILES string of the molecule is CCC1CCCCC1(O)c1cc(F)cc(F)c1.